The Labute approximate surface area is 132 Å². The summed E-state index contributed by atoms with van der Waals surface area (Å²) >= 11 is 0. The van der Waals surface area contributed by atoms with Crippen LogP contribution in [0.2, 0.25) is 0 Å². The maximum absolute atomic E-state index is 9.94. The Bertz CT molecular complexity index is 1040. The summed E-state index contributed by atoms with van der Waals surface area (Å²) in [5.74, 6) is 0.477. The number of rotatable bonds is 2. The molecule has 4 aromatic rings. The van der Waals surface area contributed by atoms with Gasteiger partial charge in [-0.15, -0.1) is 0 Å². The number of fused-ring (bicyclic) bond motifs is 2. The molecule has 0 fully saturated rings. The zero-order chi connectivity index (χ0) is 16.0. The summed E-state index contributed by atoms with van der Waals surface area (Å²) in [4.78, 5) is 8.80. The number of benzene rings is 1. The zero-order valence-corrected chi connectivity index (χ0v) is 12.7. The summed E-state index contributed by atoms with van der Waals surface area (Å²) in [5.41, 5.74) is 4.35. The largest absolute Gasteiger partial charge is 0.504 e. The lowest BCUT2D eigenvalue weighted by molar-refractivity contribution is 0.374. The van der Waals surface area contributed by atoms with Gasteiger partial charge >= 0.3 is 0 Å². The third kappa shape index (κ3) is 2.07. The Morgan fingerprint density at radius 1 is 1.13 bits per heavy atom. The van der Waals surface area contributed by atoms with Crippen LogP contribution in [0.4, 0.5) is 0 Å². The van der Waals surface area contributed by atoms with Gasteiger partial charge in [-0.1, -0.05) is 0 Å². The number of nitrogens with zero attached hydrogens (tertiary/aromatic N) is 4. The van der Waals surface area contributed by atoms with Gasteiger partial charge in [-0.2, -0.15) is 5.10 Å². The second kappa shape index (κ2) is 4.95. The molecular weight excluding hydrogens is 292 g/mol. The van der Waals surface area contributed by atoms with E-state index in [1.54, 1.807) is 29.0 Å². The molecule has 1 aromatic carbocycles. The number of phenolic OH excluding ortho intramolecular Hbond substituents is 1. The molecule has 0 spiro atoms. The molecule has 0 unspecified atom stereocenters. The van der Waals surface area contributed by atoms with E-state index in [1.807, 2.05) is 25.4 Å². The van der Waals surface area contributed by atoms with Crippen LogP contribution in [0.25, 0.3) is 27.7 Å². The van der Waals surface area contributed by atoms with Crippen LogP contribution in [0, 0.1) is 6.92 Å². The average Bonchev–Trinajstić information content (AvgIpc) is 2.96. The maximum Gasteiger partial charge on any atom is 0.162 e. The van der Waals surface area contributed by atoms with E-state index >= 15 is 0 Å². The molecule has 3 heterocycles. The molecule has 114 valence electrons. The lowest BCUT2D eigenvalue weighted by atomic mass is 10.0. The summed E-state index contributed by atoms with van der Waals surface area (Å²) in [7, 11) is 1.52. The van der Waals surface area contributed by atoms with E-state index in [2.05, 4.69) is 15.1 Å². The molecular formula is C17H14N4O2. The molecule has 0 saturated heterocycles. The standard InChI is InChI=1S/C17H14N4O2/c1-10-7-19-17-13(8-20-21(17)9-10)11-3-4-18-14-6-15(22)16(23-2)5-12(11)14/h3-9,22H,1-2H3. The normalized spacial score (nSPS) is 11.2. The smallest absolute Gasteiger partial charge is 0.162 e. The highest BCUT2D eigenvalue weighted by Gasteiger charge is 2.14. The van der Waals surface area contributed by atoms with Crippen molar-refractivity contribution >= 4 is 16.6 Å². The van der Waals surface area contributed by atoms with Crippen LogP contribution in [0.1, 0.15) is 5.56 Å². The van der Waals surface area contributed by atoms with Gasteiger partial charge in [0.15, 0.2) is 17.1 Å². The number of hydrogen-bond donors (Lipinski definition) is 1. The van der Waals surface area contributed by atoms with Crippen molar-refractivity contribution in [3.63, 3.8) is 0 Å². The van der Waals surface area contributed by atoms with E-state index in [0.717, 1.165) is 27.7 Å². The van der Waals surface area contributed by atoms with Crippen molar-refractivity contribution in [2.75, 3.05) is 7.11 Å². The van der Waals surface area contributed by atoms with Gasteiger partial charge in [0, 0.05) is 35.6 Å². The minimum atomic E-state index is 0.0678. The Hall–Kier alpha value is -3.15. The fourth-order valence-corrected chi connectivity index (χ4v) is 2.72. The van der Waals surface area contributed by atoms with Crippen molar-refractivity contribution < 1.29 is 9.84 Å². The number of hydrogen-bond acceptors (Lipinski definition) is 5. The Morgan fingerprint density at radius 2 is 2.00 bits per heavy atom. The fraction of sp³-hybridized carbons (Fsp3) is 0.118. The van der Waals surface area contributed by atoms with E-state index in [-0.39, 0.29) is 5.75 Å². The number of pyridine rings is 1. The van der Waals surface area contributed by atoms with Crippen LogP contribution in [0.3, 0.4) is 0 Å². The van der Waals surface area contributed by atoms with Crippen LogP contribution in [0.5, 0.6) is 11.5 Å². The summed E-state index contributed by atoms with van der Waals surface area (Å²) in [6, 6.07) is 5.29. The van der Waals surface area contributed by atoms with E-state index < -0.39 is 0 Å². The first-order chi connectivity index (χ1) is 11.2. The van der Waals surface area contributed by atoms with Crippen molar-refractivity contribution in [1.82, 2.24) is 19.6 Å². The zero-order valence-electron chi connectivity index (χ0n) is 12.7. The van der Waals surface area contributed by atoms with Gasteiger partial charge < -0.3 is 9.84 Å². The third-order valence-corrected chi connectivity index (χ3v) is 3.82. The third-order valence-electron chi connectivity index (χ3n) is 3.82. The van der Waals surface area contributed by atoms with Crippen LogP contribution >= 0.6 is 0 Å². The molecule has 0 amide bonds. The Morgan fingerprint density at radius 3 is 2.83 bits per heavy atom. The van der Waals surface area contributed by atoms with Gasteiger partial charge in [-0.25, -0.2) is 9.50 Å². The Kier molecular flexibility index (Phi) is 2.90. The minimum Gasteiger partial charge on any atom is -0.504 e. The molecule has 0 aliphatic heterocycles. The fourth-order valence-electron chi connectivity index (χ4n) is 2.72. The number of aryl methyl sites for hydroxylation is 1. The average molecular weight is 306 g/mol. The number of phenols is 1. The molecule has 6 heteroatoms. The lowest BCUT2D eigenvalue weighted by Gasteiger charge is -2.08. The van der Waals surface area contributed by atoms with Crippen LogP contribution < -0.4 is 4.74 Å². The van der Waals surface area contributed by atoms with E-state index in [4.69, 9.17) is 4.74 Å². The molecule has 0 radical (unpaired) electrons. The molecule has 6 nitrogen and oxygen atoms in total. The van der Waals surface area contributed by atoms with Crippen molar-refractivity contribution in [3.05, 3.63) is 48.5 Å². The number of methoxy groups -OCH3 is 1. The van der Waals surface area contributed by atoms with Crippen molar-refractivity contribution in [1.29, 1.82) is 0 Å². The van der Waals surface area contributed by atoms with Crippen molar-refractivity contribution in [2.45, 2.75) is 6.92 Å². The van der Waals surface area contributed by atoms with Gasteiger partial charge in [-0.3, -0.25) is 4.98 Å². The first kappa shape index (κ1) is 13.5. The minimum absolute atomic E-state index is 0.0678. The highest BCUT2D eigenvalue weighted by molar-refractivity contribution is 5.99. The molecule has 3 aromatic heterocycles. The first-order valence-corrected chi connectivity index (χ1v) is 7.13. The molecule has 1 N–H and O–H groups in total. The first-order valence-electron chi connectivity index (χ1n) is 7.13. The van der Waals surface area contributed by atoms with Crippen LogP contribution in [-0.4, -0.2) is 31.8 Å². The van der Waals surface area contributed by atoms with E-state index in [1.165, 1.54) is 7.11 Å². The summed E-state index contributed by atoms with van der Waals surface area (Å²) in [6.07, 6.45) is 7.25. The summed E-state index contributed by atoms with van der Waals surface area (Å²) < 4.78 is 6.97. The summed E-state index contributed by atoms with van der Waals surface area (Å²) in [5, 5.41) is 15.2. The quantitative estimate of drug-likeness (QED) is 0.616. The lowest BCUT2D eigenvalue weighted by Crippen LogP contribution is -1.92. The van der Waals surface area contributed by atoms with Crippen molar-refractivity contribution in [3.8, 4) is 22.6 Å². The molecule has 4 rings (SSSR count). The highest BCUT2D eigenvalue weighted by Crippen LogP contribution is 2.36. The van der Waals surface area contributed by atoms with Gasteiger partial charge in [0.1, 0.15) is 0 Å². The van der Waals surface area contributed by atoms with Crippen molar-refractivity contribution in [2.24, 2.45) is 0 Å². The van der Waals surface area contributed by atoms with E-state index in [0.29, 0.717) is 11.3 Å². The SMILES string of the molecule is COc1cc2c(-c3cnn4cc(C)cnc34)ccnc2cc1O. The highest BCUT2D eigenvalue weighted by atomic mass is 16.5. The number of aromatic hydroxyl groups is 1. The molecule has 23 heavy (non-hydrogen) atoms. The second-order valence-electron chi connectivity index (χ2n) is 5.36. The van der Waals surface area contributed by atoms with Gasteiger partial charge in [-0.05, 0) is 30.2 Å². The van der Waals surface area contributed by atoms with Gasteiger partial charge in [0.2, 0.25) is 0 Å². The Balaban J connectivity index is 2.04. The van der Waals surface area contributed by atoms with E-state index in [9.17, 15) is 5.11 Å². The topological polar surface area (TPSA) is 72.5 Å². The predicted molar refractivity (Wildman–Crippen MR) is 86.7 cm³/mol. The monoisotopic (exact) mass is 306 g/mol. The van der Waals surface area contributed by atoms with Crippen LogP contribution in [-0.2, 0) is 0 Å². The number of aromatic nitrogens is 4. The number of ether oxygens (including phenoxy) is 1. The maximum atomic E-state index is 9.94. The van der Waals surface area contributed by atoms with Gasteiger partial charge in [0.25, 0.3) is 0 Å². The van der Waals surface area contributed by atoms with Crippen LogP contribution in [0.15, 0.2) is 43.0 Å². The molecule has 0 aliphatic rings. The van der Waals surface area contributed by atoms with Gasteiger partial charge in [0.05, 0.1) is 18.8 Å². The molecule has 0 bridgehead atoms. The summed E-state index contributed by atoms with van der Waals surface area (Å²) in [6.45, 7) is 1.98. The molecule has 0 atom stereocenters. The second-order valence-corrected chi connectivity index (χ2v) is 5.36. The molecule has 0 saturated carbocycles. The predicted octanol–water partition coefficient (Wildman–Crippen LogP) is 2.97. The molecule has 0 aliphatic carbocycles.